The number of nitrogens with one attached hydrogen (secondary N) is 2. The number of benzene rings is 2. The summed E-state index contributed by atoms with van der Waals surface area (Å²) in [5.41, 5.74) is 14.4. The topological polar surface area (TPSA) is 106 Å². The highest BCUT2D eigenvalue weighted by Crippen LogP contribution is 2.33. The van der Waals surface area contributed by atoms with Crippen molar-refractivity contribution in [1.82, 2.24) is 15.2 Å². The highest BCUT2D eigenvalue weighted by Gasteiger charge is 2.12. The lowest BCUT2D eigenvalue weighted by atomic mass is 9.99. The molecular weight excluding hydrogens is 445 g/mol. The van der Waals surface area contributed by atoms with Gasteiger partial charge in [-0.2, -0.15) is 5.10 Å². The van der Waals surface area contributed by atoms with Crippen LogP contribution in [0.2, 0.25) is 5.02 Å². The Balaban J connectivity index is 1.61. The number of anilines is 2. The first-order chi connectivity index (χ1) is 15.5. The number of pyridine rings is 1. The van der Waals surface area contributed by atoms with Crippen molar-refractivity contribution >= 4 is 37.8 Å². The van der Waals surface area contributed by atoms with Crippen LogP contribution < -0.4 is 16.8 Å². The number of aromatic nitrogens is 3. The number of nitrogens with two attached hydrogens (primary N) is 1. The highest BCUT2D eigenvalue weighted by molar-refractivity contribution is 7.31. The number of hydrogen-bond acceptors (Lipinski definition) is 6. The Morgan fingerprint density at radius 2 is 1.62 bits per heavy atom. The van der Waals surface area contributed by atoms with Crippen molar-refractivity contribution in [3.05, 3.63) is 81.7 Å². The molecule has 0 aliphatic heterocycles. The van der Waals surface area contributed by atoms with Crippen molar-refractivity contribution in [1.29, 1.82) is 0 Å². The van der Waals surface area contributed by atoms with Gasteiger partial charge in [0.2, 0.25) is 0 Å². The van der Waals surface area contributed by atoms with E-state index in [-0.39, 0.29) is 5.56 Å². The van der Waals surface area contributed by atoms with Gasteiger partial charge < -0.3 is 5.73 Å². The van der Waals surface area contributed by atoms with Gasteiger partial charge in [-0.25, -0.2) is 20.2 Å². The molecule has 0 spiro atoms. The van der Waals surface area contributed by atoms with E-state index < -0.39 is 0 Å². The predicted molar refractivity (Wildman–Crippen MR) is 132 cm³/mol. The Labute approximate surface area is 191 Å². The molecule has 160 valence electrons. The maximum Gasteiger partial charge on any atom is 0.272 e. The summed E-state index contributed by atoms with van der Waals surface area (Å²) in [5, 5.41) is 6.87. The quantitative estimate of drug-likeness (QED) is 0.263. The standard InChI is InChI=1S/C23H19ClN5O2P/c1-13-11-18(23(30)28-27-13)16-7-3-14(4-8-16)15-5-9-17(10-6-15)21-19(24)12-20(25)22(26-21)29-31-32-2/h3-12H,2,25H2,1H3,(H,26,29)(H,28,30). The smallest absolute Gasteiger partial charge is 0.272 e. The summed E-state index contributed by atoms with van der Waals surface area (Å²) >= 11 is 6.37. The zero-order valence-electron chi connectivity index (χ0n) is 17.1. The molecule has 2 aromatic heterocycles. The van der Waals surface area contributed by atoms with E-state index in [0.29, 0.717) is 36.2 Å². The van der Waals surface area contributed by atoms with Gasteiger partial charge in [0.15, 0.2) is 5.82 Å². The molecule has 0 unspecified atom stereocenters. The molecule has 4 rings (SSSR count). The normalized spacial score (nSPS) is 10.9. The monoisotopic (exact) mass is 463 g/mol. The molecule has 0 amide bonds. The van der Waals surface area contributed by atoms with Crippen LogP contribution in [0.4, 0.5) is 11.5 Å². The molecule has 4 aromatic rings. The van der Waals surface area contributed by atoms with Crippen molar-refractivity contribution in [2.45, 2.75) is 6.92 Å². The third-order valence-electron chi connectivity index (χ3n) is 4.83. The van der Waals surface area contributed by atoms with E-state index >= 15 is 0 Å². The van der Waals surface area contributed by atoms with Gasteiger partial charge >= 0.3 is 0 Å². The minimum absolute atomic E-state index is 0.213. The van der Waals surface area contributed by atoms with Gasteiger partial charge in [-0.05, 0) is 42.0 Å². The highest BCUT2D eigenvalue weighted by atomic mass is 35.5. The van der Waals surface area contributed by atoms with Crippen LogP contribution in [0.15, 0.2) is 65.5 Å². The summed E-state index contributed by atoms with van der Waals surface area (Å²) in [7, 11) is 0.449. The number of H-pyrrole nitrogens is 1. The molecule has 0 bridgehead atoms. The Morgan fingerprint density at radius 1 is 1.03 bits per heavy atom. The molecule has 7 nitrogen and oxygen atoms in total. The lowest BCUT2D eigenvalue weighted by molar-refractivity contribution is 0.470. The van der Waals surface area contributed by atoms with Gasteiger partial charge in [0.25, 0.3) is 5.56 Å². The first-order valence-electron chi connectivity index (χ1n) is 9.58. The number of nitrogens with zero attached hydrogens (tertiary/aromatic N) is 2. The van der Waals surface area contributed by atoms with Crippen molar-refractivity contribution in [3.8, 4) is 33.5 Å². The minimum Gasteiger partial charge on any atom is -0.396 e. The van der Waals surface area contributed by atoms with Gasteiger partial charge in [-0.1, -0.05) is 60.1 Å². The number of aryl methyl sites for hydroxylation is 1. The van der Waals surface area contributed by atoms with Gasteiger partial charge in [0.1, 0.15) is 0 Å². The van der Waals surface area contributed by atoms with Gasteiger partial charge in [-0.15, -0.1) is 0 Å². The maximum atomic E-state index is 12.1. The van der Waals surface area contributed by atoms with E-state index in [4.69, 9.17) is 22.0 Å². The Morgan fingerprint density at radius 3 is 2.25 bits per heavy atom. The fourth-order valence-corrected chi connectivity index (χ4v) is 3.67. The van der Waals surface area contributed by atoms with Crippen molar-refractivity contribution < 1.29 is 4.62 Å². The molecule has 0 radical (unpaired) electrons. The molecule has 0 saturated carbocycles. The molecule has 2 heterocycles. The van der Waals surface area contributed by atoms with Crippen molar-refractivity contribution in [2.75, 3.05) is 11.2 Å². The second kappa shape index (κ2) is 9.32. The number of halogens is 1. The number of rotatable bonds is 6. The lowest BCUT2D eigenvalue weighted by Crippen LogP contribution is -2.11. The zero-order chi connectivity index (χ0) is 22.7. The predicted octanol–water partition coefficient (Wildman–Crippen LogP) is 5.35. The molecular formula is C23H19ClN5O2P. The minimum atomic E-state index is -0.213. The van der Waals surface area contributed by atoms with Crippen LogP contribution in [0.25, 0.3) is 33.5 Å². The second-order valence-corrected chi connectivity index (χ2v) is 7.83. The van der Waals surface area contributed by atoms with E-state index in [1.807, 2.05) is 55.5 Å². The van der Waals surface area contributed by atoms with E-state index in [0.717, 1.165) is 27.9 Å². The van der Waals surface area contributed by atoms with Gasteiger partial charge in [-0.3, -0.25) is 4.79 Å². The SMILES string of the molecule is C=PONc1nc(-c2ccc(-c3ccc(-c4cc(C)n[nH]c4=O)cc3)cc2)c(Cl)cc1N. The third-order valence-corrected chi connectivity index (χ3v) is 5.34. The van der Waals surface area contributed by atoms with Crippen LogP contribution in [-0.2, 0) is 4.62 Å². The Kier molecular flexibility index (Phi) is 6.32. The van der Waals surface area contributed by atoms with E-state index in [1.165, 1.54) is 0 Å². The summed E-state index contributed by atoms with van der Waals surface area (Å²) in [4.78, 5) is 16.6. The van der Waals surface area contributed by atoms with E-state index in [9.17, 15) is 4.79 Å². The summed E-state index contributed by atoms with van der Waals surface area (Å²) in [6, 6.07) is 19.1. The summed E-state index contributed by atoms with van der Waals surface area (Å²) < 4.78 is 5.06. The van der Waals surface area contributed by atoms with Crippen molar-refractivity contribution in [3.63, 3.8) is 0 Å². The van der Waals surface area contributed by atoms with Crippen LogP contribution in [0.5, 0.6) is 0 Å². The largest absolute Gasteiger partial charge is 0.396 e. The second-order valence-electron chi connectivity index (χ2n) is 6.99. The molecule has 32 heavy (non-hydrogen) atoms. The van der Waals surface area contributed by atoms with Gasteiger partial charge in [0.05, 0.1) is 36.1 Å². The first kappa shape index (κ1) is 21.7. The lowest BCUT2D eigenvalue weighted by Gasteiger charge is -2.11. The molecule has 0 saturated heterocycles. The van der Waals surface area contributed by atoms with Crippen LogP contribution in [0.3, 0.4) is 0 Å². The third kappa shape index (κ3) is 4.55. The summed E-state index contributed by atoms with van der Waals surface area (Å²) in [6.45, 7) is 1.84. The first-order valence-corrected chi connectivity index (χ1v) is 11.0. The Hall–Kier alpha value is -3.51. The molecule has 9 heteroatoms. The molecule has 0 fully saturated rings. The zero-order valence-corrected chi connectivity index (χ0v) is 18.7. The molecule has 2 aromatic carbocycles. The number of aromatic amines is 1. The van der Waals surface area contributed by atoms with Crippen LogP contribution in [-0.4, -0.2) is 21.5 Å². The summed E-state index contributed by atoms with van der Waals surface area (Å²) in [5.74, 6) is 0.376. The fraction of sp³-hybridized carbons (Fsp3) is 0.0435. The van der Waals surface area contributed by atoms with Crippen LogP contribution in [0.1, 0.15) is 5.69 Å². The number of nitrogen functional groups attached to an aromatic ring is 1. The van der Waals surface area contributed by atoms with Crippen molar-refractivity contribution in [2.24, 2.45) is 0 Å². The Bertz CT molecular complexity index is 1340. The summed E-state index contributed by atoms with van der Waals surface area (Å²) in [6.07, 6.45) is 3.57. The average Bonchev–Trinajstić information content (AvgIpc) is 2.80. The molecule has 0 atom stereocenters. The molecule has 0 aliphatic carbocycles. The van der Waals surface area contributed by atoms with E-state index in [1.54, 1.807) is 12.1 Å². The molecule has 4 N–H and O–H groups in total. The fourth-order valence-electron chi connectivity index (χ4n) is 3.25. The van der Waals surface area contributed by atoms with Crippen LogP contribution in [0, 0.1) is 6.92 Å². The van der Waals surface area contributed by atoms with E-state index in [2.05, 4.69) is 27.0 Å². The average molecular weight is 464 g/mol. The number of hydrogen-bond donors (Lipinski definition) is 3. The van der Waals surface area contributed by atoms with Crippen LogP contribution >= 0.6 is 20.0 Å². The van der Waals surface area contributed by atoms with Gasteiger partial charge in [0, 0.05) is 5.56 Å². The maximum absolute atomic E-state index is 12.1. The molecule has 0 aliphatic rings.